The summed E-state index contributed by atoms with van der Waals surface area (Å²) in [6.07, 6.45) is 1.56. The highest BCUT2D eigenvalue weighted by Crippen LogP contribution is 2.23. The number of nitrogens with zero attached hydrogens (tertiary/aromatic N) is 3. The van der Waals surface area contributed by atoms with Crippen LogP contribution in [0.25, 0.3) is 16.6 Å². The summed E-state index contributed by atoms with van der Waals surface area (Å²) in [5, 5.41) is 4.98. The summed E-state index contributed by atoms with van der Waals surface area (Å²) in [6.45, 7) is 1.94. The van der Waals surface area contributed by atoms with Crippen molar-refractivity contribution in [1.82, 2.24) is 15.0 Å². The van der Waals surface area contributed by atoms with Crippen LogP contribution < -0.4 is 15.7 Å². The van der Waals surface area contributed by atoms with E-state index in [9.17, 15) is 9.59 Å². The number of hydrogen-bond donors (Lipinski definition) is 1. The molecule has 0 saturated heterocycles. The van der Waals surface area contributed by atoms with Gasteiger partial charge in [0.2, 0.25) is 0 Å². The van der Waals surface area contributed by atoms with Crippen molar-refractivity contribution >= 4 is 34.8 Å². The largest absolute Gasteiger partial charge is 0.497 e. The molecule has 3 aromatic carbocycles. The molecule has 0 aliphatic carbocycles. The minimum absolute atomic E-state index is 0.0522. The number of carbonyl (C=O) groups is 1. The van der Waals surface area contributed by atoms with Gasteiger partial charge in [-0.1, -0.05) is 42.1 Å². The number of aromatic nitrogens is 2. The summed E-state index contributed by atoms with van der Waals surface area (Å²) in [4.78, 5) is 30.4. The van der Waals surface area contributed by atoms with Gasteiger partial charge < -0.3 is 4.74 Å². The first kappa shape index (κ1) is 22.3. The molecule has 0 aliphatic heterocycles. The Morgan fingerprint density at radius 1 is 1.09 bits per heavy atom. The number of fused-ring (bicyclic) bond motifs is 1. The lowest BCUT2D eigenvalue weighted by molar-refractivity contribution is -0.118. The first-order valence-corrected chi connectivity index (χ1v) is 11.2. The molecule has 0 fully saturated rings. The number of benzene rings is 3. The molecule has 0 aliphatic rings. The average Bonchev–Trinajstić information content (AvgIpc) is 2.84. The van der Waals surface area contributed by atoms with E-state index in [0.717, 1.165) is 22.6 Å². The van der Waals surface area contributed by atoms with E-state index < -0.39 is 0 Å². The molecule has 0 unspecified atom stereocenters. The maximum atomic E-state index is 13.3. The van der Waals surface area contributed by atoms with Crippen LogP contribution in [0.2, 0.25) is 0 Å². The van der Waals surface area contributed by atoms with Crippen molar-refractivity contribution in [3.63, 3.8) is 0 Å². The highest BCUT2D eigenvalue weighted by atomic mass is 32.2. The van der Waals surface area contributed by atoms with Crippen molar-refractivity contribution in [2.45, 2.75) is 12.1 Å². The van der Waals surface area contributed by atoms with Gasteiger partial charge in [-0.3, -0.25) is 14.2 Å². The number of aryl methyl sites for hydroxylation is 1. The summed E-state index contributed by atoms with van der Waals surface area (Å²) >= 11 is 1.19. The Balaban J connectivity index is 1.54. The lowest BCUT2D eigenvalue weighted by Gasteiger charge is -2.14. The van der Waals surface area contributed by atoms with Crippen molar-refractivity contribution in [2.24, 2.45) is 5.10 Å². The molecule has 1 aromatic heterocycles. The third-order valence-corrected chi connectivity index (χ3v) is 5.89. The van der Waals surface area contributed by atoms with E-state index in [1.165, 1.54) is 11.8 Å². The topological polar surface area (TPSA) is 85.6 Å². The van der Waals surface area contributed by atoms with Crippen molar-refractivity contribution in [1.29, 1.82) is 0 Å². The number of hydrogen-bond acceptors (Lipinski definition) is 6. The average molecular weight is 459 g/mol. The Hall–Kier alpha value is -3.91. The Morgan fingerprint density at radius 3 is 2.58 bits per heavy atom. The molecule has 8 heteroatoms. The molecule has 0 radical (unpaired) electrons. The predicted octanol–water partition coefficient (Wildman–Crippen LogP) is 3.95. The summed E-state index contributed by atoms with van der Waals surface area (Å²) in [5.74, 6) is 0.495. The van der Waals surface area contributed by atoms with Crippen LogP contribution in [-0.2, 0) is 4.79 Å². The number of thioether (sulfide) groups is 1. The summed E-state index contributed by atoms with van der Waals surface area (Å²) in [5.41, 5.74) is 5.44. The lowest BCUT2D eigenvalue weighted by atomic mass is 10.2. The second-order valence-corrected chi connectivity index (χ2v) is 8.14. The van der Waals surface area contributed by atoms with Crippen LogP contribution >= 0.6 is 11.8 Å². The Bertz CT molecular complexity index is 1380. The van der Waals surface area contributed by atoms with Crippen molar-refractivity contribution < 1.29 is 9.53 Å². The van der Waals surface area contributed by atoms with Gasteiger partial charge in [-0.25, -0.2) is 10.4 Å². The minimum Gasteiger partial charge on any atom is -0.497 e. The number of nitrogens with one attached hydrogen (secondary N) is 1. The molecule has 1 heterocycles. The van der Waals surface area contributed by atoms with Crippen LogP contribution in [0.1, 0.15) is 11.1 Å². The van der Waals surface area contributed by atoms with Gasteiger partial charge in [-0.15, -0.1) is 0 Å². The summed E-state index contributed by atoms with van der Waals surface area (Å²) < 4.78 is 6.69. The number of methoxy groups -OCH3 is 1. The van der Waals surface area contributed by atoms with E-state index in [2.05, 4.69) is 15.5 Å². The van der Waals surface area contributed by atoms with Crippen LogP contribution in [0.15, 0.2) is 87.8 Å². The SMILES string of the molecule is COc1ccc(/C=N\NC(=O)CSc2nc3ccccc3c(=O)n2-c2ccccc2C)cc1. The zero-order chi connectivity index (χ0) is 23.2. The van der Waals surface area contributed by atoms with Crippen LogP contribution in [0.5, 0.6) is 5.75 Å². The van der Waals surface area contributed by atoms with Crippen molar-refractivity contribution in [3.05, 3.63) is 94.3 Å². The molecule has 0 bridgehead atoms. The van der Waals surface area contributed by atoms with Gasteiger partial charge in [0.25, 0.3) is 11.5 Å². The number of amides is 1. The number of ether oxygens (including phenoxy) is 1. The van der Waals surface area contributed by atoms with Crippen molar-refractivity contribution in [3.8, 4) is 11.4 Å². The zero-order valence-corrected chi connectivity index (χ0v) is 19.0. The van der Waals surface area contributed by atoms with E-state index in [0.29, 0.717) is 16.1 Å². The van der Waals surface area contributed by atoms with E-state index in [1.54, 1.807) is 30.0 Å². The van der Waals surface area contributed by atoms with Crippen LogP contribution in [0.4, 0.5) is 0 Å². The van der Waals surface area contributed by atoms with Gasteiger partial charge in [-0.2, -0.15) is 5.10 Å². The second-order valence-electron chi connectivity index (χ2n) is 7.19. The summed E-state index contributed by atoms with van der Waals surface area (Å²) in [6, 6.07) is 22.1. The number of carbonyl (C=O) groups excluding carboxylic acids is 1. The Labute approximate surface area is 195 Å². The van der Waals surface area contributed by atoms with Crippen LogP contribution in [-0.4, -0.2) is 34.5 Å². The maximum Gasteiger partial charge on any atom is 0.266 e. The molecule has 0 saturated carbocycles. The van der Waals surface area contributed by atoms with E-state index in [-0.39, 0.29) is 17.2 Å². The second kappa shape index (κ2) is 10.1. The number of hydrazone groups is 1. The molecular formula is C25H22N4O3S. The number of rotatable bonds is 7. The quantitative estimate of drug-likeness (QED) is 0.196. The van der Waals surface area contributed by atoms with Gasteiger partial charge in [-0.05, 0) is 60.5 Å². The Morgan fingerprint density at radius 2 is 1.82 bits per heavy atom. The van der Waals surface area contributed by atoms with E-state index in [1.807, 2.05) is 67.6 Å². The molecule has 7 nitrogen and oxygen atoms in total. The molecule has 0 spiro atoms. The molecule has 166 valence electrons. The van der Waals surface area contributed by atoms with Crippen LogP contribution in [0, 0.1) is 6.92 Å². The smallest absolute Gasteiger partial charge is 0.266 e. The normalized spacial score (nSPS) is 11.1. The highest BCUT2D eigenvalue weighted by Gasteiger charge is 2.15. The lowest BCUT2D eigenvalue weighted by Crippen LogP contribution is -2.24. The predicted molar refractivity (Wildman–Crippen MR) is 132 cm³/mol. The molecule has 1 N–H and O–H groups in total. The fourth-order valence-corrected chi connectivity index (χ4v) is 4.07. The molecule has 4 rings (SSSR count). The highest BCUT2D eigenvalue weighted by molar-refractivity contribution is 7.99. The fourth-order valence-electron chi connectivity index (χ4n) is 3.27. The van der Waals surface area contributed by atoms with Gasteiger partial charge >= 0.3 is 0 Å². The standard InChI is InChI=1S/C25H22N4O3S/c1-17-7-3-6-10-22(17)29-24(31)20-8-4-5-9-21(20)27-25(29)33-16-23(30)28-26-15-18-11-13-19(32-2)14-12-18/h3-15H,16H2,1-2H3,(H,28,30)/b26-15-. The van der Waals surface area contributed by atoms with Gasteiger partial charge in [0.15, 0.2) is 5.16 Å². The molecule has 33 heavy (non-hydrogen) atoms. The van der Waals surface area contributed by atoms with Crippen molar-refractivity contribution in [2.75, 3.05) is 12.9 Å². The first-order valence-electron chi connectivity index (χ1n) is 10.2. The van der Waals surface area contributed by atoms with Gasteiger partial charge in [0.05, 0.1) is 35.7 Å². The minimum atomic E-state index is -0.302. The first-order chi connectivity index (χ1) is 16.1. The van der Waals surface area contributed by atoms with Gasteiger partial charge in [0.1, 0.15) is 5.75 Å². The third-order valence-electron chi connectivity index (χ3n) is 4.95. The molecule has 4 aromatic rings. The van der Waals surface area contributed by atoms with E-state index in [4.69, 9.17) is 4.74 Å². The number of para-hydroxylation sites is 2. The zero-order valence-electron chi connectivity index (χ0n) is 18.2. The molecule has 0 atom stereocenters. The molecule has 1 amide bonds. The third kappa shape index (κ3) is 5.12. The fraction of sp³-hybridized carbons (Fsp3) is 0.120. The maximum absolute atomic E-state index is 13.3. The van der Waals surface area contributed by atoms with Gasteiger partial charge in [0, 0.05) is 0 Å². The van der Waals surface area contributed by atoms with Crippen LogP contribution in [0.3, 0.4) is 0 Å². The Kier molecular flexibility index (Phi) is 6.85. The summed E-state index contributed by atoms with van der Waals surface area (Å²) in [7, 11) is 1.60. The van der Waals surface area contributed by atoms with E-state index >= 15 is 0 Å². The molecular weight excluding hydrogens is 436 g/mol. The monoisotopic (exact) mass is 458 g/mol.